The topological polar surface area (TPSA) is 34.2 Å². The highest BCUT2D eigenvalue weighted by Crippen LogP contribution is 2.25. The van der Waals surface area contributed by atoms with E-state index in [4.69, 9.17) is 4.74 Å². The SMILES string of the molecule is CC(C)(C)NCc1ccnc(Oc2ccc(F)c(Br)c2)c1. The van der Waals surface area contributed by atoms with E-state index in [1.54, 1.807) is 18.3 Å². The van der Waals surface area contributed by atoms with Crippen LogP contribution >= 0.6 is 15.9 Å². The Labute approximate surface area is 132 Å². The average molecular weight is 353 g/mol. The number of aromatic nitrogens is 1. The first-order valence-electron chi connectivity index (χ1n) is 6.66. The van der Waals surface area contributed by atoms with Gasteiger partial charge in [-0.1, -0.05) is 0 Å². The summed E-state index contributed by atoms with van der Waals surface area (Å²) in [7, 11) is 0. The second kappa shape index (κ2) is 6.54. The van der Waals surface area contributed by atoms with Crippen LogP contribution in [0.2, 0.25) is 0 Å². The summed E-state index contributed by atoms with van der Waals surface area (Å²) in [6.45, 7) is 7.07. The number of nitrogens with zero attached hydrogens (tertiary/aromatic N) is 1. The molecule has 0 aliphatic carbocycles. The van der Waals surface area contributed by atoms with Crippen LogP contribution in [0.15, 0.2) is 41.0 Å². The average Bonchev–Trinajstić information content (AvgIpc) is 2.40. The van der Waals surface area contributed by atoms with Gasteiger partial charge in [0.1, 0.15) is 11.6 Å². The van der Waals surface area contributed by atoms with Gasteiger partial charge in [-0.2, -0.15) is 0 Å². The fourth-order valence-corrected chi connectivity index (χ4v) is 2.00. The Balaban J connectivity index is 2.08. The lowest BCUT2D eigenvalue weighted by Crippen LogP contribution is -2.35. The molecule has 2 aromatic rings. The number of hydrogen-bond donors (Lipinski definition) is 1. The number of rotatable bonds is 4. The second-order valence-electron chi connectivity index (χ2n) is 5.78. The molecule has 1 N–H and O–H groups in total. The zero-order valence-electron chi connectivity index (χ0n) is 12.3. The van der Waals surface area contributed by atoms with Crippen LogP contribution < -0.4 is 10.1 Å². The molecule has 112 valence electrons. The molecule has 0 aliphatic rings. The third kappa shape index (κ3) is 5.10. The minimum atomic E-state index is -0.321. The summed E-state index contributed by atoms with van der Waals surface area (Å²) in [4.78, 5) is 4.17. The van der Waals surface area contributed by atoms with E-state index >= 15 is 0 Å². The first-order valence-corrected chi connectivity index (χ1v) is 7.46. The number of halogens is 2. The van der Waals surface area contributed by atoms with Crippen LogP contribution in [0, 0.1) is 5.82 Å². The van der Waals surface area contributed by atoms with Gasteiger partial charge in [-0.05, 0) is 66.5 Å². The number of hydrogen-bond acceptors (Lipinski definition) is 3. The second-order valence-corrected chi connectivity index (χ2v) is 6.64. The van der Waals surface area contributed by atoms with E-state index in [-0.39, 0.29) is 11.4 Å². The van der Waals surface area contributed by atoms with Crippen molar-refractivity contribution in [3.8, 4) is 11.6 Å². The Kier molecular flexibility index (Phi) is 4.96. The normalized spacial score (nSPS) is 11.5. The molecule has 0 saturated carbocycles. The van der Waals surface area contributed by atoms with Crippen LogP contribution in [0.4, 0.5) is 4.39 Å². The molecule has 1 heterocycles. The summed E-state index contributed by atoms with van der Waals surface area (Å²) in [6.07, 6.45) is 1.70. The summed E-state index contributed by atoms with van der Waals surface area (Å²) in [5.41, 5.74) is 1.13. The quantitative estimate of drug-likeness (QED) is 0.868. The van der Waals surface area contributed by atoms with E-state index in [1.807, 2.05) is 12.1 Å². The van der Waals surface area contributed by atoms with Crippen molar-refractivity contribution in [3.05, 3.63) is 52.4 Å². The fraction of sp³-hybridized carbons (Fsp3) is 0.312. The Hall–Kier alpha value is -1.46. The molecule has 3 nitrogen and oxygen atoms in total. The van der Waals surface area contributed by atoms with E-state index in [0.717, 1.165) is 12.1 Å². The zero-order chi connectivity index (χ0) is 15.5. The molecule has 0 atom stereocenters. The minimum Gasteiger partial charge on any atom is -0.439 e. The van der Waals surface area contributed by atoms with E-state index < -0.39 is 0 Å². The molecule has 21 heavy (non-hydrogen) atoms. The molecule has 1 aromatic carbocycles. The predicted molar refractivity (Wildman–Crippen MR) is 85.0 cm³/mol. The van der Waals surface area contributed by atoms with Crippen molar-refractivity contribution in [2.45, 2.75) is 32.9 Å². The summed E-state index contributed by atoms with van der Waals surface area (Å²) >= 11 is 3.14. The number of pyridine rings is 1. The van der Waals surface area contributed by atoms with E-state index in [0.29, 0.717) is 16.1 Å². The van der Waals surface area contributed by atoms with Crippen molar-refractivity contribution in [3.63, 3.8) is 0 Å². The molecular weight excluding hydrogens is 335 g/mol. The van der Waals surface area contributed by atoms with Crippen LogP contribution in [0.1, 0.15) is 26.3 Å². The third-order valence-corrected chi connectivity index (χ3v) is 3.34. The third-order valence-electron chi connectivity index (χ3n) is 2.74. The van der Waals surface area contributed by atoms with Gasteiger partial charge in [-0.3, -0.25) is 0 Å². The van der Waals surface area contributed by atoms with Gasteiger partial charge >= 0.3 is 0 Å². The predicted octanol–water partition coefficient (Wildman–Crippen LogP) is 4.66. The first-order chi connectivity index (χ1) is 9.83. The molecule has 2 rings (SSSR count). The Morgan fingerprint density at radius 2 is 2.00 bits per heavy atom. The lowest BCUT2D eigenvalue weighted by molar-refractivity contribution is 0.421. The van der Waals surface area contributed by atoms with Crippen molar-refractivity contribution in [2.24, 2.45) is 0 Å². The van der Waals surface area contributed by atoms with Crippen molar-refractivity contribution in [1.82, 2.24) is 10.3 Å². The van der Waals surface area contributed by atoms with E-state index in [1.165, 1.54) is 6.07 Å². The summed E-state index contributed by atoms with van der Waals surface area (Å²) < 4.78 is 19.2. The maximum atomic E-state index is 13.2. The van der Waals surface area contributed by atoms with Gasteiger partial charge in [0.15, 0.2) is 0 Å². The number of ether oxygens (including phenoxy) is 1. The minimum absolute atomic E-state index is 0.0477. The van der Waals surface area contributed by atoms with Crippen molar-refractivity contribution in [2.75, 3.05) is 0 Å². The molecule has 0 radical (unpaired) electrons. The van der Waals surface area contributed by atoms with Crippen LogP contribution in [-0.2, 0) is 6.54 Å². The summed E-state index contributed by atoms with van der Waals surface area (Å²) in [5, 5.41) is 3.41. The molecule has 5 heteroatoms. The molecule has 0 unspecified atom stereocenters. The van der Waals surface area contributed by atoms with Gasteiger partial charge in [0.2, 0.25) is 5.88 Å². The Morgan fingerprint density at radius 1 is 1.24 bits per heavy atom. The maximum Gasteiger partial charge on any atom is 0.219 e. The number of benzene rings is 1. The van der Waals surface area contributed by atoms with Gasteiger partial charge < -0.3 is 10.1 Å². The first kappa shape index (κ1) is 15.9. The smallest absolute Gasteiger partial charge is 0.219 e. The summed E-state index contributed by atoms with van der Waals surface area (Å²) in [6, 6.07) is 8.31. The zero-order valence-corrected chi connectivity index (χ0v) is 13.9. The van der Waals surface area contributed by atoms with Crippen molar-refractivity contribution >= 4 is 15.9 Å². The molecule has 0 saturated heterocycles. The van der Waals surface area contributed by atoms with Gasteiger partial charge in [0, 0.05) is 24.3 Å². The molecule has 0 bridgehead atoms. The largest absolute Gasteiger partial charge is 0.439 e. The lowest BCUT2D eigenvalue weighted by atomic mass is 10.1. The van der Waals surface area contributed by atoms with Crippen LogP contribution in [-0.4, -0.2) is 10.5 Å². The molecule has 0 fully saturated rings. The molecule has 0 aliphatic heterocycles. The lowest BCUT2D eigenvalue weighted by Gasteiger charge is -2.20. The monoisotopic (exact) mass is 352 g/mol. The van der Waals surface area contributed by atoms with E-state index in [9.17, 15) is 4.39 Å². The number of nitrogens with one attached hydrogen (secondary N) is 1. The standard InChI is InChI=1S/C16H18BrFN2O/c1-16(2,3)20-10-11-6-7-19-15(8-11)21-12-4-5-14(18)13(17)9-12/h4-9,20H,10H2,1-3H3. The van der Waals surface area contributed by atoms with Crippen molar-refractivity contribution in [1.29, 1.82) is 0 Å². The maximum absolute atomic E-state index is 13.2. The van der Waals surface area contributed by atoms with Crippen LogP contribution in [0.3, 0.4) is 0 Å². The van der Waals surface area contributed by atoms with Crippen LogP contribution in [0.25, 0.3) is 0 Å². The Morgan fingerprint density at radius 3 is 2.67 bits per heavy atom. The molecule has 0 amide bonds. The van der Waals surface area contributed by atoms with Gasteiger partial charge in [0.25, 0.3) is 0 Å². The fourth-order valence-electron chi connectivity index (χ4n) is 1.64. The Bertz CT molecular complexity index is 626. The van der Waals surface area contributed by atoms with Crippen molar-refractivity contribution < 1.29 is 9.13 Å². The summed E-state index contributed by atoms with van der Waals surface area (Å²) in [5.74, 6) is 0.705. The molecular formula is C16H18BrFN2O. The van der Waals surface area contributed by atoms with Crippen LogP contribution in [0.5, 0.6) is 11.6 Å². The molecule has 0 spiro atoms. The van der Waals surface area contributed by atoms with Gasteiger partial charge in [0.05, 0.1) is 4.47 Å². The highest BCUT2D eigenvalue weighted by molar-refractivity contribution is 9.10. The highest BCUT2D eigenvalue weighted by Gasteiger charge is 2.09. The van der Waals surface area contributed by atoms with Gasteiger partial charge in [-0.15, -0.1) is 0 Å². The van der Waals surface area contributed by atoms with Gasteiger partial charge in [-0.25, -0.2) is 9.37 Å². The highest BCUT2D eigenvalue weighted by atomic mass is 79.9. The van der Waals surface area contributed by atoms with E-state index in [2.05, 4.69) is 47.0 Å². The molecule has 1 aromatic heterocycles.